The van der Waals surface area contributed by atoms with Crippen LogP contribution in [0.1, 0.15) is 27.2 Å². The standard InChI is InChI=1S/C11H18N4O2S/c1-4-14-8-11(13-9-14)18(16,17)15(10(2)3)7-5-6-12/h8-10H,4-5,7H2,1-3H3. The van der Waals surface area contributed by atoms with Crippen LogP contribution < -0.4 is 0 Å². The SMILES string of the molecule is CCn1cnc(S(=O)(=O)N(CCC#N)C(C)C)c1. The summed E-state index contributed by atoms with van der Waals surface area (Å²) in [5, 5.41) is 8.62. The van der Waals surface area contributed by atoms with E-state index in [0.29, 0.717) is 6.54 Å². The van der Waals surface area contributed by atoms with Gasteiger partial charge < -0.3 is 4.57 Å². The van der Waals surface area contributed by atoms with Crippen LogP contribution >= 0.6 is 0 Å². The fourth-order valence-electron chi connectivity index (χ4n) is 1.58. The van der Waals surface area contributed by atoms with Gasteiger partial charge in [-0.1, -0.05) is 0 Å². The molecule has 0 N–H and O–H groups in total. The minimum atomic E-state index is -3.61. The number of aromatic nitrogens is 2. The molecule has 0 aromatic carbocycles. The molecule has 0 saturated heterocycles. The zero-order valence-corrected chi connectivity index (χ0v) is 11.7. The monoisotopic (exact) mass is 270 g/mol. The molecule has 0 amide bonds. The van der Waals surface area contributed by atoms with Crippen LogP contribution in [0.2, 0.25) is 0 Å². The molecular formula is C11H18N4O2S. The first-order valence-corrected chi connectivity index (χ1v) is 7.28. The average Bonchev–Trinajstić information content (AvgIpc) is 2.77. The summed E-state index contributed by atoms with van der Waals surface area (Å²) < 4.78 is 27.7. The van der Waals surface area contributed by atoms with Crippen LogP contribution in [0.3, 0.4) is 0 Å². The summed E-state index contributed by atoms with van der Waals surface area (Å²) in [7, 11) is -3.61. The number of nitriles is 1. The van der Waals surface area contributed by atoms with Crippen LogP contribution in [0, 0.1) is 11.3 Å². The Morgan fingerprint density at radius 1 is 1.56 bits per heavy atom. The van der Waals surface area contributed by atoms with E-state index in [4.69, 9.17) is 5.26 Å². The first kappa shape index (κ1) is 14.7. The van der Waals surface area contributed by atoms with E-state index in [0.717, 1.165) is 0 Å². The van der Waals surface area contributed by atoms with Gasteiger partial charge in [-0.25, -0.2) is 13.4 Å². The number of aryl methyl sites for hydroxylation is 1. The van der Waals surface area contributed by atoms with Crippen LogP contribution in [-0.4, -0.2) is 34.9 Å². The molecule has 7 heteroatoms. The van der Waals surface area contributed by atoms with Crippen molar-refractivity contribution in [1.82, 2.24) is 13.9 Å². The molecule has 1 aromatic heterocycles. The van der Waals surface area contributed by atoms with Crippen molar-refractivity contribution in [2.24, 2.45) is 0 Å². The number of rotatable bonds is 6. The van der Waals surface area contributed by atoms with Gasteiger partial charge in [-0.3, -0.25) is 0 Å². The first-order valence-electron chi connectivity index (χ1n) is 5.84. The lowest BCUT2D eigenvalue weighted by Crippen LogP contribution is -2.37. The zero-order valence-electron chi connectivity index (χ0n) is 10.9. The molecule has 0 aliphatic carbocycles. The maximum absolute atomic E-state index is 12.3. The van der Waals surface area contributed by atoms with E-state index in [1.165, 1.54) is 16.8 Å². The van der Waals surface area contributed by atoms with Crippen molar-refractivity contribution >= 4 is 10.0 Å². The van der Waals surface area contributed by atoms with Gasteiger partial charge >= 0.3 is 0 Å². The Hall–Kier alpha value is -1.39. The number of nitrogens with zero attached hydrogens (tertiary/aromatic N) is 4. The maximum atomic E-state index is 12.3. The fourth-order valence-corrected chi connectivity index (χ4v) is 3.16. The third kappa shape index (κ3) is 3.09. The summed E-state index contributed by atoms with van der Waals surface area (Å²) in [6.45, 7) is 6.34. The Balaban J connectivity index is 3.05. The summed E-state index contributed by atoms with van der Waals surface area (Å²) in [5.74, 6) is 0. The lowest BCUT2D eigenvalue weighted by molar-refractivity contribution is 0.359. The van der Waals surface area contributed by atoms with E-state index >= 15 is 0 Å². The summed E-state index contributed by atoms with van der Waals surface area (Å²) in [5.41, 5.74) is 0. The Morgan fingerprint density at radius 3 is 2.67 bits per heavy atom. The molecule has 1 rings (SSSR count). The van der Waals surface area contributed by atoms with E-state index < -0.39 is 10.0 Å². The molecule has 100 valence electrons. The number of sulfonamides is 1. The topological polar surface area (TPSA) is 79.0 Å². The minimum absolute atomic E-state index is 0.0380. The highest BCUT2D eigenvalue weighted by atomic mass is 32.2. The average molecular weight is 270 g/mol. The smallest absolute Gasteiger partial charge is 0.262 e. The van der Waals surface area contributed by atoms with Crippen molar-refractivity contribution in [1.29, 1.82) is 5.26 Å². The molecule has 0 saturated carbocycles. The molecule has 0 fully saturated rings. The van der Waals surface area contributed by atoms with E-state index in [2.05, 4.69) is 4.98 Å². The van der Waals surface area contributed by atoms with Crippen molar-refractivity contribution < 1.29 is 8.42 Å². The molecule has 0 radical (unpaired) electrons. The number of hydrogen-bond acceptors (Lipinski definition) is 4. The molecule has 1 aromatic rings. The second kappa shape index (κ2) is 5.98. The number of hydrogen-bond donors (Lipinski definition) is 0. The minimum Gasteiger partial charge on any atom is -0.336 e. The van der Waals surface area contributed by atoms with Gasteiger partial charge in [0.1, 0.15) is 0 Å². The third-order valence-corrected chi connectivity index (χ3v) is 4.53. The predicted molar refractivity (Wildman–Crippen MR) is 67.2 cm³/mol. The molecule has 0 unspecified atom stereocenters. The van der Waals surface area contributed by atoms with Crippen molar-refractivity contribution in [2.75, 3.05) is 6.54 Å². The summed E-state index contributed by atoms with van der Waals surface area (Å²) in [6.07, 6.45) is 3.18. The molecule has 0 atom stereocenters. The summed E-state index contributed by atoms with van der Waals surface area (Å²) in [4.78, 5) is 3.92. The largest absolute Gasteiger partial charge is 0.336 e. The van der Waals surface area contributed by atoms with E-state index in [1.54, 1.807) is 18.4 Å². The maximum Gasteiger partial charge on any atom is 0.262 e. The Kier molecular flexibility index (Phi) is 4.87. The van der Waals surface area contributed by atoms with Gasteiger partial charge in [0.25, 0.3) is 10.0 Å². The third-order valence-electron chi connectivity index (χ3n) is 2.57. The summed E-state index contributed by atoms with van der Waals surface area (Å²) in [6, 6.07) is 1.76. The van der Waals surface area contributed by atoms with Gasteiger partial charge in [-0.05, 0) is 20.8 Å². The van der Waals surface area contributed by atoms with Gasteiger partial charge in [0.05, 0.1) is 12.4 Å². The highest BCUT2D eigenvalue weighted by Crippen LogP contribution is 2.16. The van der Waals surface area contributed by atoms with Crippen molar-refractivity contribution in [3.05, 3.63) is 12.5 Å². The van der Waals surface area contributed by atoms with E-state index in [1.807, 2.05) is 13.0 Å². The Bertz CT molecular complexity index is 527. The lowest BCUT2D eigenvalue weighted by atomic mass is 10.3. The molecule has 0 aliphatic heterocycles. The van der Waals surface area contributed by atoms with Crippen molar-refractivity contribution in [3.8, 4) is 6.07 Å². The van der Waals surface area contributed by atoms with Crippen LogP contribution in [0.5, 0.6) is 0 Å². The van der Waals surface area contributed by atoms with Gasteiger partial charge in [-0.15, -0.1) is 0 Å². The highest BCUT2D eigenvalue weighted by Gasteiger charge is 2.28. The molecule has 0 aliphatic rings. The normalized spacial score (nSPS) is 12.0. The van der Waals surface area contributed by atoms with Gasteiger partial charge in [0.15, 0.2) is 5.03 Å². The van der Waals surface area contributed by atoms with Crippen molar-refractivity contribution in [3.63, 3.8) is 0 Å². The molecule has 0 bridgehead atoms. The fraction of sp³-hybridized carbons (Fsp3) is 0.636. The van der Waals surface area contributed by atoms with Crippen LogP contribution in [0.4, 0.5) is 0 Å². The second-order valence-corrected chi connectivity index (χ2v) is 6.00. The zero-order chi connectivity index (χ0) is 13.8. The van der Waals surface area contributed by atoms with Crippen molar-refractivity contribution in [2.45, 2.75) is 44.8 Å². The van der Waals surface area contributed by atoms with Gasteiger partial charge in [-0.2, -0.15) is 9.57 Å². The molecule has 1 heterocycles. The second-order valence-electron chi connectivity index (χ2n) is 4.16. The van der Waals surface area contributed by atoms with E-state index in [-0.39, 0.29) is 24.0 Å². The molecule has 6 nitrogen and oxygen atoms in total. The quantitative estimate of drug-likeness (QED) is 0.778. The van der Waals surface area contributed by atoms with Crippen LogP contribution in [0.25, 0.3) is 0 Å². The first-order chi connectivity index (χ1) is 8.43. The molecular weight excluding hydrogens is 252 g/mol. The number of imidazole rings is 1. The van der Waals surface area contributed by atoms with E-state index in [9.17, 15) is 8.42 Å². The van der Waals surface area contributed by atoms with Crippen LogP contribution in [-0.2, 0) is 16.6 Å². The van der Waals surface area contributed by atoms with Crippen LogP contribution in [0.15, 0.2) is 17.6 Å². The predicted octanol–water partition coefficient (Wildman–Crippen LogP) is 1.22. The Morgan fingerprint density at radius 2 is 2.22 bits per heavy atom. The van der Waals surface area contributed by atoms with Gasteiger partial charge in [0, 0.05) is 31.7 Å². The van der Waals surface area contributed by atoms with Gasteiger partial charge in [0.2, 0.25) is 0 Å². The molecule has 18 heavy (non-hydrogen) atoms. The summed E-state index contributed by atoms with van der Waals surface area (Å²) >= 11 is 0. The highest BCUT2D eigenvalue weighted by molar-refractivity contribution is 7.89. The molecule has 0 spiro atoms. The Labute approximate surface area is 108 Å². The lowest BCUT2D eigenvalue weighted by Gasteiger charge is -2.23.